The Balaban J connectivity index is 1.88. The standard InChI is InChI=1S/C14H29N/c1-3-4-5-6-9-12-15-13-14(2)10-7-8-11-14/h15H,3-13H2,1-2H3. The second-order valence-electron chi connectivity index (χ2n) is 5.61. The zero-order valence-corrected chi connectivity index (χ0v) is 10.8. The first kappa shape index (κ1) is 13.0. The Morgan fingerprint density at radius 3 is 2.33 bits per heavy atom. The van der Waals surface area contributed by atoms with Crippen LogP contribution < -0.4 is 5.32 Å². The fourth-order valence-corrected chi connectivity index (χ4v) is 2.65. The smallest absolute Gasteiger partial charge is 0.000516 e. The summed E-state index contributed by atoms with van der Waals surface area (Å²) in [5.41, 5.74) is 0.628. The van der Waals surface area contributed by atoms with Crippen molar-refractivity contribution in [3.63, 3.8) is 0 Å². The first-order valence-corrected chi connectivity index (χ1v) is 6.97. The lowest BCUT2D eigenvalue weighted by Crippen LogP contribution is -2.30. The van der Waals surface area contributed by atoms with Gasteiger partial charge in [0, 0.05) is 6.54 Å². The molecule has 90 valence electrons. The van der Waals surface area contributed by atoms with Gasteiger partial charge in [0.15, 0.2) is 0 Å². The Kier molecular flexibility index (Phi) is 6.31. The quantitative estimate of drug-likeness (QED) is 0.595. The molecule has 0 aromatic heterocycles. The monoisotopic (exact) mass is 211 g/mol. The van der Waals surface area contributed by atoms with Crippen molar-refractivity contribution in [1.29, 1.82) is 0 Å². The molecular formula is C14H29N. The summed E-state index contributed by atoms with van der Waals surface area (Å²) in [6, 6.07) is 0. The summed E-state index contributed by atoms with van der Waals surface area (Å²) in [5.74, 6) is 0. The van der Waals surface area contributed by atoms with Crippen molar-refractivity contribution in [1.82, 2.24) is 5.32 Å². The van der Waals surface area contributed by atoms with Crippen molar-refractivity contribution in [2.75, 3.05) is 13.1 Å². The van der Waals surface area contributed by atoms with Gasteiger partial charge in [-0.15, -0.1) is 0 Å². The van der Waals surface area contributed by atoms with Gasteiger partial charge in [0.2, 0.25) is 0 Å². The maximum Gasteiger partial charge on any atom is 0.000516 e. The van der Waals surface area contributed by atoms with Crippen LogP contribution in [0.3, 0.4) is 0 Å². The highest BCUT2D eigenvalue weighted by molar-refractivity contribution is 4.82. The summed E-state index contributed by atoms with van der Waals surface area (Å²) in [6.07, 6.45) is 12.8. The molecular weight excluding hydrogens is 182 g/mol. The van der Waals surface area contributed by atoms with E-state index in [9.17, 15) is 0 Å². The van der Waals surface area contributed by atoms with Gasteiger partial charge in [0.05, 0.1) is 0 Å². The number of rotatable bonds is 8. The lowest BCUT2D eigenvalue weighted by molar-refractivity contribution is 0.314. The normalized spacial score (nSPS) is 19.6. The van der Waals surface area contributed by atoms with E-state index in [-0.39, 0.29) is 0 Å². The molecule has 0 amide bonds. The zero-order chi connectivity index (χ0) is 11.0. The summed E-state index contributed by atoms with van der Waals surface area (Å²) in [5, 5.41) is 3.64. The Morgan fingerprint density at radius 1 is 1.00 bits per heavy atom. The third-order valence-electron chi connectivity index (χ3n) is 3.82. The van der Waals surface area contributed by atoms with E-state index in [1.165, 1.54) is 70.9 Å². The third-order valence-corrected chi connectivity index (χ3v) is 3.82. The molecule has 0 heterocycles. The average Bonchev–Trinajstić information content (AvgIpc) is 2.64. The predicted octanol–water partition coefficient (Wildman–Crippen LogP) is 4.13. The summed E-state index contributed by atoms with van der Waals surface area (Å²) in [6.45, 7) is 7.21. The summed E-state index contributed by atoms with van der Waals surface area (Å²) in [4.78, 5) is 0. The molecule has 0 unspecified atom stereocenters. The Hall–Kier alpha value is -0.0400. The number of hydrogen-bond acceptors (Lipinski definition) is 1. The van der Waals surface area contributed by atoms with Crippen LogP contribution in [0.2, 0.25) is 0 Å². The molecule has 1 rings (SSSR count). The van der Waals surface area contributed by atoms with Gasteiger partial charge in [0.25, 0.3) is 0 Å². The van der Waals surface area contributed by atoms with Crippen LogP contribution >= 0.6 is 0 Å². The van der Waals surface area contributed by atoms with Crippen LogP contribution in [0, 0.1) is 5.41 Å². The molecule has 1 aliphatic carbocycles. The van der Waals surface area contributed by atoms with Crippen LogP contribution in [0.25, 0.3) is 0 Å². The summed E-state index contributed by atoms with van der Waals surface area (Å²) >= 11 is 0. The number of hydrogen-bond donors (Lipinski definition) is 1. The van der Waals surface area contributed by atoms with Crippen molar-refractivity contribution < 1.29 is 0 Å². The predicted molar refractivity (Wildman–Crippen MR) is 68.2 cm³/mol. The van der Waals surface area contributed by atoms with Crippen LogP contribution in [-0.2, 0) is 0 Å². The van der Waals surface area contributed by atoms with Gasteiger partial charge in [-0.25, -0.2) is 0 Å². The minimum absolute atomic E-state index is 0.628. The largest absolute Gasteiger partial charge is 0.316 e. The maximum atomic E-state index is 3.64. The van der Waals surface area contributed by atoms with Gasteiger partial charge < -0.3 is 5.32 Å². The van der Waals surface area contributed by atoms with Crippen molar-refractivity contribution in [2.24, 2.45) is 5.41 Å². The van der Waals surface area contributed by atoms with Crippen molar-refractivity contribution in [2.45, 2.75) is 71.6 Å². The van der Waals surface area contributed by atoms with Crippen LogP contribution in [0.5, 0.6) is 0 Å². The molecule has 0 atom stereocenters. The molecule has 0 bridgehead atoms. The molecule has 1 nitrogen and oxygen atoms in total. The molecule has 0 aliphatic heterocycles. The molecule has 0 saturated heterocycles. The summed E-state index contributed by atoms with van der Waals surface area (Å²) < 4.78 is 0. The maximum absolute atomic E-state index is 3.64. The average molecular weight is 211 g/mol. The van der Waals surface area contributed by atoms with E-state index in [2.05, 4.69) is 19.2 Å². The summed E-state index contributed by atoms with van der Waals surface area (Å²) in [7, 11) is 0. The SMILES string of the molecule is CCCCCCCNCC1(C)CCCC1. The van der Waals surface area contributed by atoms with Crippen LogP contribution in [0.4, 0.5) is 0 Å². The van der Waals surface area contributed by atoms with E-state index in [0.717, 1.165) is 0 Å². The fraction of sp³-hybridized carbons (Fsp3) is 1.00. The minimum atomic E-state index is 0.628. The van der Waals surface area contributed by atoms with E-state index in [1.807, 2.05) is 0 Å². The molecule has 1 aliphatic rings. The van der Waals surface area contributed by atoms with Gasteiger partial charge in [-0.3, -0.25) is 0 Å². The fourth-order valence-electron chi connectivity index (χ4n) is 2.65. The molecule has 1 heteroatoms. The number of unbranched alkanes of at least 4 members (excludes halogenated alkanes) is 4. The van der Waals surface area contributed by atoms with Crippen molar-refractivity contribution in [3.8, 4) is 0 Å². The molecule has 0 radical (unpaired) electrons. The van der Waals surface area contributed by atoms with Gasteiger partial charge in [-0.2, -0.15) is 0 Å². The second-order valence-corrected chi connectivity index (χ2v) is 5.61. The molecule has 0 aromatic carbocycles. The number of nitrogens with one attached hydrogen (secondary N) is 1. The molecule has 1 fully saturated rings. The van der Waals surface area contributed by atoms with Crippen LogP contribution in [0.15, 0.2) is 0 Å². The van der Waals surface area contributed by atoms with Crippen LogP contribution in [-0.4, -0.2) is 13.1 Å². The first-order valence-electron chi connectivity index (χ1n) is 6.97. The molecule has 0 spiro atoms. The Labute approximate surface area is 96.0 Å². The highest BCUT2D eigenvalue weighted by Gasteiger charge is 2.27. The van der Waals surface area contributed by atoms with Crippen molar-refractivity contribution >= 4 is 0 Å². The Bertz CT molecular complexity index is 147. The van der Waals surface area contributed by atoms with E-state index in [4.69, 9.17) is 0 Å². The lowest BCUT2D eigenvalue weighted by atomic mass is 9.89. The van der Waals surface area contributed by atoms with E-state index >= 15 is 0 Å². The van der Waals surface area contributed by atoms with Gasteiger partial charge >= 0.3 is 0 Å². The van der Waals surface area contributed by atoms with Crippen LogP contribution in [0.1, 0.15) is 71.6 Å². The van der Waals surface area contributed by atoms with Crippen molar-refractivity contribution in [3.05, 3.63) is 0 Å². The molecule has 0 aromatic rings. The van der Waals surface area contributed by atoms with Gasteiger partial charge in [-0.1, -0.05) is 52.4 Å². The highest BCUT2D eigenvalue weighted by atomic mass is 14.9. The lowest BCUT2D eigenvalue weighted by Gasteiger charge is -2.23. The van der Waals surface area contributed by atoms with Gasteiger partial charge in [-0.05, 0) is 31.2 Å². The van der Waals surface area contributed by atoms with Gasteiger partial charge in [0.1, 0.15) is 0 Å². The van der Waals surface area contributed by atoms with E-state index < -0.39 is 0 Å². The highest BCUT2D eigenvalue weighted by Crippen LogP contribution is 2.36. The molecule has 1 N–H and O–H groups in total. The first-order chi connectivity index (χ1) is 7.27. The van der Waals surface area contributed by atoms with E-state index in [0.29, 0.717) is 5.41 Å². The molecule has 1 saturated carbocycles. The third kappa shape index (κ3) is 5.55. The minimum Gasteiger partial charge on any atom is -0.316 e. The molecule has 15 heavy (non-hydrogen) atoms. The zero-order valence-electron chi connectivity index (χ0n) is 10.8. The van der Waals surface area contributed by atoms with E-state index in [1.54, 1.807) is 0 Å². The topological polar surface area (TPSA) is 12.0 Å². The second kappa shape index (κ2) is 7.27. The Morgan fingerprint density at radius 2 is 1.67 bits per heavy atom.